The number of nitro groups is 1. The number of nitrogens with zero attached hydrogens (tertiary/aromatic N) is 4. The van der Waals surface area contributed by atoms with Gasteiger partial charge in [-0.05, 0) is 29.8 Å². The van der Waals surface area contributed by atoms with Crippen LogP contribution in [0.4, 0.5) is 11.5 Å². The van der Waals surface area contributed by atoms with E-state index in [0.717, 1.165) is 32.0 Å². The van der Waals surface area contributed by atoms with Gasteiger partial charge in [-0.2, -0.15) is 0 Å². The maximum absolute atomic E-state index is 10.7. The highest BCUT2D eigenvalue weighted by molar-refractivity contribution is 5.49. The van der Waals surface area contributed by atoms with Crippen LogP contribution in [0.15, 0.2) is 18.3 Å². The molecule has 2 aliphatic rings. The number of pyridine rings is 1. The first-order chi connectivity index (χ1) is 10.1. The number of rotatable bonds is 3. The highest BCUT2D eigenvalue weighted by Crippen LogP contribution is 2.27. The maximum atomic E-state index is 10.7. The van der Waals surface area contributed by atoms with Gasteiger partial charge < -0.3 is 19.8 Å². The van der Waals surface area contributed by atoms with E-state index in [1.807, 2.05) is 0 Å². The van der Waals surface area contributed by atoms with E-state index in [0.29, 0.717) is 18.1 Å². The zero-order valence-electron chi connectivity index (χ0n) is 12.3. The van der Waals surface area contributed by atoms with Crippen molar-refractivity contribution in [3.63, 3.8) is 0 Å². The van der Waals surface area contributed by atoms with Crippen molar-refractivity contribution in [1.82, 2.24) is 9.88 Å². The first-order valence-electron chi connectivity index (χ1n) is 7.27. The summed E-state index contributed by atoms with van der Waals surface area (Å²) in [6.07, 6.45) is 1.60. The van der Waals surface area contributed by atoms with Crippen LogP contribution < -0.4 is 4.90 Å². The molecule has 2 atom stereocenters. The molecule has 21 heavy (non-hydrogen) atoms. The molecule has 3 rings (SSSR count). The molecule has 2 saturated heterocycles. The Balaban J connectivity index is 1.74. The molecule has 0 aromatic carbocycles. The minimum absolute atomic E-state index is 0.107. The predicted molar refractivity (Wildman–Crippen MR) is 78.5 cm³/mol. The summed E-state index contributed by atoms with van der Waals surface area (Å²) in [7, 11) is 0. The fourth-order valence-corrected chi connectivity index (χ4v) is 3.24. The maximum Gasteiger partial charge on any atom is 0.363 e. The molecule has 0 unspecified atom stereocenters. The monoisotopic (exact) mass is 292 g/mol. The van der Waals surface area contributed by atoms with Gasteiger partial charge in [0.25, 0.3) is 0 Å². The summed E-state index contributed by atoms with van der Waals surface area (Å²) in [5.41, 5.74) is 0.949. The molecule has 0 N–H and O–H groups in total. The van der Waals surface area contributed by atoms with E-state index in [2.05, 4.69) is 28.6 Å². The van der Waals surface area contributed by atoms with Crippen LogP contribution in [0.1, 0.15) is 13.8 Å². The summed E-state index contributed by atoms with van der Waals surface area (Å²) < 4.78 is 5.28. The Hall–Kier alpha value is -1.73. The Morgan fingerprint density at radius 2 is 1.95 bits per heavy atom. The fraction of sp³-hybridized carbons (Fsp3) is 0.643. The van der Waals surface area contributed by atoms with Crippen LogP contribution in [0.5, 0.6) is 0 Å². The Labute approximate surface area is 123 Å². The second-order valence-electron chi connectivity index (χ2n) is 5.88. The third-order valence-electron chi connectivity index (χ3n) is 4.30. The van der Waals surface area contributed by atoms with E-state index in [1.165, 1.54) is 6.07 Å². The number of aromatic nitrogens is 1. The minimum atomic E-state index is -0.467. The van der Waals surface area contributed by atoms with Crippen molar-refractivity contribution in [2.75, 3.05) is 31.2 Å². The molecule has 0 amide bonds. The molecule has 3 heterocycles. The van der Waals surface area contributed by atoms with Gasteiger partial charge in [0.05, 0.1) is 24.9 Å². The van der Waals surface area contributed by atoms with Gasteiger partial charge >= 0.3 is 5.82 Å². The van der Waals surface area contributed by atoms with Crippen LogP contribution >= 0.6 is 0 Å². The van der Waals surface area contributed by atoms with Crippen LogP contribution in [0.2, 0.25) is 0 Å². The lowest BCUT2D eigenvalue weighted by molar-refractivity contribution is -0.389. The Morgan fingerprint density at radius 1 is 1.29 bits per heavy atom. The second kappa shape index (κ2) is 5.57. The fourth-order valence-electron chi connectivity index (χ4n) is 3.24. The number of ether oxygens (including phenoxy) is 1. The molecule has 2 aliphatic heterocycles. The van der Waals surface area contributed by atoms with E-state index < -0.39 is 4.92 Å². The smallest absolute Gasteiger partial charge is 0.363 e. The SMILES string of the molecule is C[C@@H]1CN(C2COC2)C[C@@H](C)N1c1ccc([N+](=O)[O-])nc1. The van der Waals surface area contributed by atoms with Gasteiger partial charge in [0.15, 0.2) is 6.20 Å². The largest absolute Gasteiger partial charge is 0.378 e. The molecule has 1 aromatic rings. The van der Waals surface area contributed by atoms with E-state index in [9.17, 15) is 10.1 Å². The standard InChI is InChI=1S/C14H20N4O3/c1-10-6-16(13-8-21-9-13)7-11(2)17(10)12-3-4-14(15-5-12)18(19)20/h3-5,10-11,13H,6-9H2,1-2H3/t10-,11-/m1/s1. The summed E-state index contributed by atoms with van der Waals surface area (Å²) in [4.78, 5) is 18.9. The molecule has 0 bridgehead atoms. The van der Waals surface area contributed by atoms with Gasteiger partial charge in [-0.1, -0.05) is 0 Å². The molecule has 7 nitrogen and oxygen atoms in total. The van der Waals surface area contributed by atoms with Gasteiger partial charge in [0.1, 0.15) is 0 Å². The van der Waals surface area contributed by atoms with Crippen LogP contribution in [0, 0.1) is 10.1 Å². The quantitative estimate of drug-likeness (QED) is 0.617. The minimum Gasteiger partial charge on any atom is -0.378 e. The molecule has 1 aromatic heterocycles. The lowest BCUT2D eigenvalue weighted by Crippen LogP contribution is -2.62. The van der Waals surface area contributed by atoms with E-state index >= 15 is 0 Å². The van der Waals surface area contributed by atoms with E-state index in [1.54, 1.807) is 12.3 Å². The molecular formula is C14H20N4O3. The van der Waals surface area contributed by atoms with Crippen LogP contribution in [0.3, 0.4) is 0 Å². The van der Waals surface area contributed by atoms with Gasteiger partial charge in [-0.25, -0.2) is 0 Å². The Bertz CT molecular complexity index is 505. The first kappa shape index (κ1) is 14.2. The van der Waals surface area contributed by atoms with Crippen molar-refractivity contribution in [2.45, 2.75) is 32.0 Å². The van der Waals surface area contributed by atoms with Crippen molar-refractivity contribution in [3.05, 3.63) is 28.4 Å². The molecule has 0 aliphatic carbocycles. The number of hydrogen-bond acceptors (Lipinski definition) is 6. The van der Waals surface area contributed by atoms with Crippen molar-refractivity contribution in [3.8, 4) is 0 Å². The third-order valence-corrected chi connectivity index (χ3v) is 4.30. The van der Waals surface area contributed by atoms with Crippen molar-refractivity contribution in [2.24, 2.45) is 0 Å². The van der Waals surface area contributed by atoms with E-state index in [4.69, 9.17) is 4.74 Å². The van der Waals surface area contributed by atoms with Crippen LogP contribution in [0.25, 0.3) is 0 Å². The molecule has 2 fully saturated rings. The normalized spacial score (nSPS) is 27.4. The molecule has 0 radical (unpaired) electrons. The van der Waals surface area contributed by atoms with Crippen LogP contribution in [-0.4, -0.2) is 59.2 Å². The lowest BCUT2D eigenvalue weighted by atomic mass is 10.0. The average Bonchev–Trinajstić information content (AvgIpc) is 2.36. The van der Waals surface area contributed by atoms with Gasteiger partial charge in [0.2, 0.25) is 0 Å². The molecule has 0 spiro atoms. The zero-order chi connectivity index (χ0) is 15.0. The Morgan fingerprint density at radius 3 is 2.38 bits per heavy atom. The van der Waals surface area contributed by atoms with Crippen molar-refractivity contribution in [1.29, 1.82) is 0 Å². The Kier molecular flexibility index (Phi) is 3.77. The number of hydrogen-bond donors (Lipinski definition) is 0. The summed E-state index contributed by atoms with van der Waals surface area (Å²) in [5, 5.41) is 10.7. The zero-order valence-corrected chi connectivity index (χ0v) is 12.3. The summed E-state index contributed by atoms with van der Waals surface area (Å²) in [6, 6.07) is 4.50. The summed E-state index contributed by atoms with van der Waals surface area (Å²) in [6.45, 7) is 7.99. The van der Waals surface area contributed by atoms with E-state index in [-0.39, 0.29) is 5.82 Å². The average molecular weight is 292 g/mol. The highest BCUT2D eigenvalue weighted by atomic mass is 16.6. The highest BCUT2D eigenvalue weighted by Gasteiger charge is 2.36. The lowest BCUT2D eigenvalue weighted by Gasteiger charge is -2.49. The topological polar surface area (TPSA) is 71.7 Å². The third kappa shape index (κ3) is 2.71. The first-order valence-corrected chi connectivity index (χ1v) is 7.27. The molecule has 7 heteroatoms. The van der Waals surface area contributed by atoms with Crippen molar-refractivity contribution < 1.29 is 9.66 Å². The molecular weight excluding hydrogens is 272 g/mol. The molecule has 114 valence electrons. The molecule has 0 saturated carbocycles. The van der Waals surface area contributed by atoms with Gasteiger partial charge in [-0.3, -0.25) is 4.90 Å². The predicted octanol–water partition coefficient (Wildman–Crippen LogP) is 1.29. The van der Waals surface area contributed by atoms with Gasteiger partial charge in [0, 0.05) is 31.2 Å². The van der Waals surface area contributed by atoms with Gasteiger partial charge in [-0.15, -0.1) is 0 Å². The summed E-state index contributed by atoms with van der Waals surface area (Å²) in [5.74, 6) is -0.107. The number of anilines is 1. The summed E-state index contributed by atoms with van der Waals surface area (Å²) >= 11 is 0. The number of piperazine rings is 1. The van der Waals surface area contributed by atoms with Crippen molar-refractivity contribution >= 4 is 11.5 Å². The second-order valence-corrected chi connectivity index (χ2v) is 5.88. The van der Waals surface area contributed by atoms with Crippen LogP contribution in [-0.2, 0) is 4.74 Å².